The fraction of sp³-hybridized carbons (Fsp3) is 0.727. The van der Waals surface area contributed by atoms with E-state index in [-0.39, 0.29) is 18.9 Å². The molecular weight excluding hydrogens is 240 g/mol. The first-order valence-corrected chi connectivity index (χ1v) is 5.73. The summed E-state index contributed by atoms with van der Waals surface area (Å²) in [4.78, 5) is 33.4. The fourth-order valence-electron chi connectivity index (χ4n) is 1.40. The number of hydrogen-bond donors (Lipinski definition) is 3. The summed E-state index contributed by atoms with van der Waals surface area (Å²) in [6.45, 7) is 4.45. The zero-order valence-electron chi connectivity index (χ0n) is 10.9. The average Bonchev–Trinajstić information content (AvgIpc) is 2.27. The first kappa shape index (κ1) is 16.4. The Bertz CT molecular complexity index is 306. The van der Waals surface area contributed by atoms with Gasteiger partial charge in [0.2, 0.25) is 5.91 Å². The Morgan fingerprint density at radius 2 is 1.89 bits per heavy atom. The third-order valence-corrected chi connectivity index (χ3v) is 2.28. The van der Waals surface area contributed by atoms with Gasteiger partial charge in [-0.1, -0.05) is 6.92 Å². The van der Waals surface area contributed by atoms with E-state index in [2.05, 4.69) is 15.4 Å². The normalized spacial score (nSPS) is 13.5. The molecule has 0 aliphatic rings. The Morgan fingerprint density at radius 3 is 2.33 bits per heavy atom. The summed E-state index contributed by atoms with van der Waals surface area (Å²) in [5.74, 6) is -2.35. The number of esters is 1. The molecule has 18 heavy (non-hydrogen) atoms. The maximum Gasteiger partial charge on any atom is 0.326 e. The third kappa shape index (κ3) is 6.85. The van der Waals surface area contributed by atoms with Crippen LogP contribution in [0.5, 0.6) is 0 Å². The number of nitrogens with one attached hydrogen (secondary N) is 2. The Hall–Kier alpha value is -1.63. The van der Waals surface area contributed by atoms with Crippen molar-refractivity contribution in [1.29, 1.82) is 0 Å². The number of rotatable bonds is 8. The Kier molecular flexibility index (Phi) is 7.69. The van der Waals surface area contributed by atoms with Crippen LogP contribution in [0.15, 0.2) is 0 Å². The molecule has 0 radical (unpaired) electrons. The smallest absolute Gasteiger partial charge is 0.326 e. The number of hydrogen-bond acceptors (Lipinski definition) is 5. The van der Waals surface area contributed by atoms with Gasteiger partial charge in [0.25, 0.3) is 0 Å². The summed E-state index contributed by atoms with van der Waals surface area (Å²) >= 11 is 0. The number of carbonyl (C=O) groups excluding carboxylic acids is 2. The lowest BCUT2D eigenvalue weighted by atomic mass is 10.1. The maximum absolute atomic E-state index is 11.5. The summed E-state index contributed by atoms with van der Waals surface area (Å²) in [5.41, 5.74) is 0. The van der Waals surface area contributed by atoms with E-state index in [9.17, 15) is 14.4 Å². The number of ether oxygens (including phenoxy) is 1. The molecule has 104 valence electrons. The molecule has 0 aromatic carbocycles. The van der Waals surface area contributed by atoms with Crippen molar-refractivity contribution in [1.82, 2.24) is 10.6 Å². The van der Waals surface area contributed by atoms with Crippen LogP contribution in [-0.4, -0.2) is 48.7 Å². The summed E-state index contributed by atoms with van der Waals surface area (Å²) in [6.07, 6.45) is -0.230. The highest BCUT2D eigenvalue weighted by atomic mass is 16.5. The van der Waals surface area contributed by atoms with Crippen LogP contribution >= 0.6 is 0 Å². The minimum atomic E-state index is -1.26. The van der Waals surface area contributed by atoms with Crippen molar-refractivity contribution in [3.8, 4) is 0 Å². The lowest BCUT2D eigenvalue weighted by Crippen LogP contribution is -2.44. The van der Waals surface area contributed by atoms with Crippen LogP contribution in [0.3, 0.4) is 0 Å². The predicted octanol–water partition coefficient (Wildman–Crippen LogP) is -0.493. The van der Waals surface area contributed by atoms with E-state index in [1.165, 1.54) is 0 Å². The van der Waals surface area contributed by atoms with Gasteiger partial charge in [0.15, 0.2) is 0 Å². The molecule has 0 heterocycles. The van der Waals surface area contributed by atoms with E-state index in [0.29, 0.717) is 0 Å². The summed E-state index contributed by atoms with van der Waals surface area (Å²) in [7, 11) is 1.16. The number of amides is 1. The highest BCUT2D eigenvalue weighted by molar-refractivity contribution is 5.87. The molecule has 7 heteroatoms. The number of aliphatic carboxylic acids is 1. The minimum absolute atomic E-state index is 0.0532. The van der Waals surface area contributed by atoms with Gasteiger partial charge in [-0.2, -0.15) is 0 Å². The molecule has 7 nitrogen and oxygen atoms in total. The topological polar surface area (TPSA) is 105 Å². The first-order chi connectivity index (χ1) is 8.40. The molecule has 1 amide bonds. The van der Waals surface area contributed by atoms with Gasteiger partial charge in [-0.3, -0.25) is 9.59 Å². The van der Waals surface area contributed by atoms with Gasteiger partial charge in [-0.05, 0) is 13.5 Å². The molecule has 0 fully saturated rings. The quantitative estimate of drug-likeness (QED) is 0.508. The van der Waals surface area contributed by atoms with Crippen molar-refractivity contribution in [3.63, 3.8) is 0 Å². The van der Waals surface area contributed by atoms with Gasteiger partial charge in [0.05, 0.1) is 13.5 Å². The highest BCUT2D eigenvalue weighted by Crippen LogP contribution is 1.98. The van der Waals surface area contributed by atoms with E-state index >= 15 is 0 Å². The molecule has 0 saturated heterocycles. The molecule has 0 saturated carbocycles. The van der Waals surface area contributed by atoms with Crippen LogP contribution < -0.4 is 10.6 Å². The minimum Gasteiger partial charge on any atom is -0.480 e. The molecule has 1 unspecified atom stereocenters. The molecule has 0 spiro atoms. The molecule has 0 rings (SSSR count). The van der Waals surface area contributed by atoms with Crippen molar-refractivity contribution in [2.75, 3.05) is 13.7 Å². The van der Waals surface area contributed by atoms with E-state index in [0.717, 1.165) is 13.7 Å². The fourth-order valence-corrected chi connectivity index (χ4v) is 1.40. The van der Waals surface area contributed by atoms with Crippen LogP contribution in [0, 0.1) is 0 Å². The monoisotopic (exact) mass is 260 g/mol. The van der Waals surface area contributed by atoms with Crippen molar-refractivity contribution in [3.05, 3.63) is 0 Å². The van der Waals surface area contributed by atoms with Crippen molar-refractivity contribution >= 4 is 17.8 Å². The highest BCUT2D eigenvalue weighted by Gasteiger charge is 2.24. The van der Waals surface area contributed by atoms with Crippen molar-refractivity contribution in [2.45, 2.75) is 38.8 Å². The van der Waals surface area contributed by atoms with E-state index in [1.807, 2.05) is 13.8 Å². The van der Waals surface area contributed by atoms with E-state index in [4.69, 9.17) is 5.11 Å². The summed E-state index contributed by atoms with van der Waals surface area (Å²) in [6, 6.07) is -1.30. The van der Waals surface area contributed by atoms with Crippen LogP contribution in [0.1, 0.15) is 26.7 Å². The molecular formula is C11H20N2O5. The lowest BCUT2D eigenvalue weighted by molar-refractivity contribution is -0.148. The zero-order valence-corrected chi connectivity index (χ0v) is 10.9. The van der Waals surface area contributed by atoms with Crippen molar-refractivity contribution in [2.24, 2.45) is 0 Å². The lowest BCUT2D eigenvalue weighted by Gasteiger charge is -2.16. The van der Waals surface area contributed by atoms with Crippen molar-refractivity contribution < 1.29 is 24.2 Å². The molecule has 0 aromatic rings. The Labute approximate surface area is 106 Å². The van der Waals surface area contributed by atoms with Gasteiger partial charge in [-0.15, -0.1) is 0 Å². The third-order valence-electron chi connectivity index (χ3n) is 2.28. The summed E-state index contributed by atoms with van der Waals surface area (Å²) in [5, 5.41) is 14.2. The van der Waals surface area contributed by atoms with Gasteiger partial charge >= 0.3 is 11.9 Å². The van der Waals surface area contributed by atoms with E-state index in [1.54, 1.807) is 0 Å². The van der Waals surface area contributed by atoms with Crippen LogP contribution in [0.4, 0.5) is 0 Å². The van der Waals surface area contributed by atoms with Crippen LogP contribution in [-0.2, 0) is 19.1 Å². The molecule has 3 N–H and O–H groups in total. The van der Waals surface area contributed by atoms with Gasteiger partial charge in [0, 0.05) is 12.5 Å². The summed E-state index contributed by atoms with van der Waals surface area (Å²) < 4.78 is 4.37. The van der Waals surface area contributed by atoms with Crippen LogP contribution in [0.25, 0.3) is 0 Å². The van der Waals surface area contributed by atoms with Gasteiger partial charge in [-0.25, -0.2) is 4.79 Å². The Balaban J connectivity index is 4.28. The van der Waals surface area contributed by atoms with Crippen LogP contribution in [0.2, 0.25) is 0 Å². The van der Waals surface area contributed by atoms with Gasteiger partial charge in [0.1, 0.15) is 6.04 Å². The van der Waals surface area contributed by atoms with E-state index < -0.39 is 23.9 Å². The number of carboxylic acids is 1. The Morgan fingerprint density at radius 1 is 1.28 bits per heavy atom. The van der Waals surface area contributed by atoms with Gasteiger partial charge < -0.3 is 20.5 Å². The second-order valence-electron chi connectivity index (χ2n) is 3.90. The molecule has 0 bridgehead atoms. The molecule has 0 aliphatic carbocycles. The molecule has 0 aromatic heterocycles. The zero-order chi connectivity index (χ0) is 14.1. The first-order valence-electron chi connectivity index (χ1n) is 5.73. The number of carbonyl (C=O) groups is 3. The standard InChI is InChI=1S/C11H20N2O5/c1-4-12-7(2)5-9(14)13-8(11(16)17)6-10(15)18-3/h7-8,12H,4-6H2,1-3H3,(H,13,14)(H,16,17)/t7?,8-/m0/s1. The molecule has 2 atom stereocenters. The average molecular weight is 260 g/mol. The predicted molar refractivity (Wildman–Crippen MR) is 64.0 cm³/mol. The number of carboxylic acid groups (broad SMARTS) is 1. The largest absolute Gasteiger partial charge is 0.480 e. The maximum atomic E-state index is 11.5. The SMILES string of the molecule is CCNC(C)CC(=O)N[C@@H](CC(=O)OC)C(=O)O. The number of methoxy groups -OCH3 is 1. The second kappa shape index (κ2) is 8.46. The second-order valence-corrected chi connectivity index (χ2v) is 3.90. The molecule has 0 aliphatic heterocycles.